The number of fused-ring (bicyclic) bond motifs is 1. The topological polar surface area (TPSA) is 66.9 Å². The highest BCUT2D eigenvalue weighted by Crippen LogP contribution is 2.20. The van der Waals surface area contributed by atoms with Crippen molar-refractivity contribution < 1.29 is 0 Å². The van der Waals surface area contributed by atoms with E-state index in [4.69, 9.17) is 17.0 Å². The van der Waals surface area contributed by atoms with Crippen molar-refractivity contribution in [2.45, 2.75) is 38.8 Å². The molecule has 1 saturated heterocycles. The molecule has 4 N–H and O–H groups in total. The Morgan fingerprint density at radius 3 is 2.90 bits per heavy atom. The van der Waals surface area contributed by atoms with Crippen LogP contribution in [0.4, 0.5) is 0 Å². The predicted molar refractivity (Wildman–Crippen MR) is 130 cm³/mol. The van der Waals surface area contributed by atoms with Gasteiger partial charge < -0.3 is 25.9 Å². The van der Waals surface area contributed by atoms with Crippen molar-refractivity contribution in [3.8, 4) is 0 Å². The molecule has 0 radical (unpaired) electrons. The van der Waals surface area contributed by atoms with Crippen LogP contribution in [0.25, 0.3) is 10.9 Å². The molecule has 0 amide bonds. The molecular formula is C24H34ClN5. The summed E-state index contributed by atoms with van der Waals surface area (Å²) in [5.74, 6) is 0.886. The van der Waals surface area contributed by atoms with Crippen LogP contribution in [0.15, 0.2) is 61.5 Å². The number of likely N-dealkylation sites (tertiary alicyclic amines) is 1. The average molecular weight is 428 g/mol. The van der Waals surface area contributed by atoms with Crippen molar-refractivity contribution in [2.24, 2.45) is 0 Å². The molecule has 1 aliphatic heterocycles. The predicted octanol–water partition coefficient (Wildman–Crippen LogP) is 5.22. The van der Waals surface area contributed by atoms with Crippen LogP contribution < -0.4 is 10.6 Å². The number of piperidine rings is 1. The molecule has 0 saturated carbocycles. The van der Waals surface area contributed by atoms with Crippen LogP contribution in [0, 0.1) is 5.41 Å². The molecule has 2 aromatic rings. The Bertz CT molecular complexity index is 883. The minimum atomic E-state index is 0.486. The van der Waals surface area contributed by atoms with E-state index in [-0.39, 0.29) is 0 Å². The van der Waals surface area contributed by atoms with E-state index in [2.05, 4.69) is 46.8 Å². The zero-order valence-corrected chi connectivity index (χ0v) is 18.9. The summed E-state index contributed by atoms with van der Waals surface area (Å²) in [5.41, 5.74) is 2.84. The van der Waals surface area contributed by atoms with Gasteiger partial charge in [-0.3, -0.25) is 0 Å². The number of H-pyrrole nitrogens is 1. The van der Waals surface area contributed by atoms with Crippen LogP contribution in [0.5, 0.6) is 0 Å². The summed E-state index contributed by atoms with van der Waals surface area (Å²) in [7, 11) is 2.17. The van der Waals surface area contributed by atoms with E-state index in [1.807, 2.05) is 31.2 Å². The van der Waals surface area contributed by atoms with E-state index in [9.17, 15) is 0 Å². The fourth-order valence-electron chi connectivity index (χ4n) is 3.47. The Morgan fingerprint density at radius 1 is 1.40 bits per heavy atom. The summed E-state index contributed by atoms with van der Waals surface area (Å²) >= 11 is 6.02. The van der Waals surface area contributed by atoms with Crippen molar-refractivity contribution in [3.05, 3.63) is 72.2 Å². The molecule has 1 aliphatic rings. The quantitative estimate of drug-likeness (QED) is 0.344. The highest BCUT2D eigenvalue weighted by Gasteiger charge is 2.16. The Morgan fingerprint density at radius 2 is 2.20 bits per heavy atom. The van der Waals surface area contributed by atoms with Gasteiger partial charge in [-0.25, -0.2) is 0 Å². The highest BCUT2D eigenvalue weighted by atomic mass is 35.5. The van der Waals surface area contributed by atoms with E-state index in [0.29, 0.717) is 18.2 Å². The number of hydrogen-bond donors (Lipinski definition) is 4. The van der Waals surface area contributed by atoms with Gasteiger partial charge in [0, 0.05) is 46.3 Å². The number of aromatic amines is 1. The van der Waals surface area contributed by atoms with Gasteiger partial charge in [-0.1, -0.05) is 30.3 Å². The third kappa shape index (κ3) is 8.09. The molecule has 30 heavy (non-hydrogen) atoms. The summed E-state index contributed by atoms with van der Waals surface area (Å²) in [6.45, 7) is 12.5. The zero-order valence-electron chi connectivity index (χ0n) is 18.1. The Kier molecular flexibility index (Phi) is 9.71. The minimum absolute atomic E-state index is 0.486. The van der Waals surface area contributed by atoms with Gasteiger partial charge in [0.15, 0.2) is 0 Å². The van der Waals surface area contributed by atoms with Gasteiger partial charge >= 0.3 is 0 Å². The second kappa shape index (κ2) is 12.3. The first-order chi connectivity index (χ1) is 14.4. The lowest BCUT2D eigenvalue weighted by molar-refractivity contribution is 0.233. The number of likely N-dealkylation sites (N-methyl/N-ethyl adjacent to an activating group) is 1. The molecule has 162 valence electrons. The van der Waals surface area contributed by atoms with Crippen molar-refractivity contribution in [1.82, 2.24) is 20.5 Å². The Hall–Kier alpha value is -2.50. The standard InChI is InChI=1S/C17H23ClN4.C7H11N/c1-12(20-15-4-3-7-22(2)11-15)19-10-16-9-13-8-14(18)5-6-17(13)21-16;1-3-5-7(8)6-4-2/h5-6,8-9,15,19-21H,1,3-4,7,10-11H2,2H3;3-4,6,8H,1,5H2,2H3/b;6-4-,8-7?. The first kappa shape index (κ1) is 23.8. The van der Waals surface area contributed by atoms with Crippen LogP contribution in [-0.2, 0) is 6.54 Å². The van der Waals surface area contributed by atoms with Crippen LogP contribution in [-0.4, -0.2) is 41.8 Å². The summed E-state index contributed by atoms with van der Waals surface area (Å²) < 4.78 is 0. The molecule has 5 nitrogen and oxygen atoms in total. The van der Waals surface area contributed by atoms with Gasteiger partial charge in [-0.2, -0.15) is 0 Å². The second-order valence-corrected chi connectivity index (χ2v) is 8.06. The molecular weight excluding hydrogens is 394 g/mol. The van der Waals surface area contributed by atoms with Crippen molar-refractivity contribution in [1.29, 1.82) is 5.41 Å². The summed E-state index contributed by atoms with van der Waals surface area (Å²) in [6.07, 6.45) is 8.46. The fraction of sp³-hybridized carbons (Fsp3) is 0.375. The third-order valence-corrected chi connectivity index (χ3v) is 5.10. The largest absolute Gasteiger partial charge is 0.368 e. The molecule has 0 aliphatic carbocycles. The maximum Gasteiger partial charge on any atom is 0.0918 e. The van der Waals surface area contributed by atoms with Crippen LogP contribution >= 0.6 is 11.6 Å². The smallest absolute Gasteiger partial charge is 0.0918 e. The summed E-state index contributed by atoms with van der Waals surface area (Å²) in [4.78, 5) is 5.75. The van der Waals surface area contributed by atoms with Crippen LogP contribution in [0.3, 0.4) is 0 Å². The SMILES string of the molecule is C=C(NCc1cc2cc(Cl)ccc2[nH]1)NC1CCCN(C)C1.C=CCC(=N)/C=C\C. The Labute approximate surface area is 185 Å². The Balaban J connectivity index is 0.000000343. The summed E-state index contributed by atoms with van der Waals surface area (Å²) in [5, 5.41) is 15.9. The lowest BCUT2D eigenvalue weighted by Gasteiger charge is -2.31. The first-order valence-electron chi connectivity index (χ1n) is 10.4. The van der Waals surface area contributed by atoms with Gasteiger partial charge in [-0.05, 0) is 63.7 Å². The maximum absolute atomic E-state index is 7.13. The van der Waals surface area contributed by atoms with Crippen molar-refractivity contribution >= 4 is 28.2 Å². The van der Waals surface area contributed by atoms with Gasteiger partial charge in [0.1, 0.15) is 0 Å². The van der Waals surface area contributed by atoms with Gasteiger partial charge in [0.2, 0.25) is 0 Å². The van der Waals surface area contributed by atoms with E-state index in [1.54, 1.807) is 12.2 Å². The molecule has 2 heterocycles. The minimum Gasteiger partial charge on any atom is -0.368 e. The van der Waals surface area contributed by atoms with Crippen molar-refractivity contribution in [3.63, 3.8) is 0 Å². The molecule has 3 rings (SSSR count). The van der Waals surface area contributed by atoms with Crippen LogP contribution in [0.2, 0.25) is 5.02 Å². The van der Waals surface area contributed by atoms with E-state index < -0.39 is 0 Å². The van der Waals surface area contributed by atoms with E-state index >= 15 is 0 Å². The molecule has 6 heteroatoms. The first-order valence-corrected chi connectivity index (χ1v) is 10.7. The van der Waals surface area contributed by atoms with Crippen LogP contribution in [0.1, 0.15) is 31.9 Å². The maximum atomic E-state index is 7.13. The van der Waals surface area contributed by atoms with Crippen molar-refractivity contribution in [2.75, 3.05) is 20.1 Å². The second-order valence-electron chi connectivity index (χ2n) is 7.62. The fourth-order valence-corrected chi connectivity index (χ4v) is 3.65. The lowest BCUT2D eigenvalue weighted by Crippen LogP contribution is -2.45. The highest BCUT2D eigenvalue weighted by molar-refractivity contribution is 6.31. The van der Waals surface area contributed by atoms with E-state index in [0.717, 1.165) is 40.5 Å². The van der Waals surface area contributed by atoms with Gasteiger partial charge in [0.25, 0.3) is 0 Å². The molecule has 1 unspecified atom stereocenters. The summed E-state index contributed by atoms with van der Waals surface area (Å²) in [6, 6.07) is 8.49. The number of hydrogen-bond acceptors (Lipinski definition) is 4. The molecule has 1 aromatic carbocycles. The van der Waals surface area contributed by atoms with Gasteiger partial charge in [-0.15, -0.1) is 6.58 Å². The molecule has 0 spiro atoms. The number of halogens is 1. The average Bonchev–Trinajstić information content (AvgIpc) is 3.09. The number of benzene rings is 1. The number of allylic oxidation sites excluding steroid dienone is 3. The normalized spacial score (nSPS) is 16.7. The number of rotatable bonds is 8. The van der Waals surface area contributed by atoms with E-state index in [1.165, 1.54) is 19.4 Å². The molecule has 0 bridgehead atoms. The van der Waals surface area contributed by atoms with Gasteiger partial charge in [0.05, 0.1) is 12.4 Å². The number of aromatic nitrogens is 1. The molecule has 1 aromatic heterocycles. The molecule has 1 fully saturated rings. The monoisotopic (exact) mass is 427 g/mol. The zero-order chi connectivity index (χ0) is 21.9. The third-order valence-electron chi connectivity index (χ3n) is 4.87. The number of nitrogens with zero attached hydrogens (tertiary/aromatic N) is 1. The lowest BCUT2D eigenvalue weighted by atomic mass is 10.1. The molecule has 1 atom stereocenters. The number of nitrogens with one attached hydrogen (secondary N) is 4.